The van der Waals surface area contributed by atoms with E-state index in [0.717, 1.165) is 0 Å². The first-order valence-corrected chi connectivity index (χ1v) is 12.3. The lowest BCUT2D eigenvalue weighted by Gasteiger charge is -2.27. The Labute approximate surface area is 219 Å². The van der Waals surface area contributed by atoms with Crippen LogP contribution in [0.2, 0.25) is 0 Å². The molecule has 3 aromatic carbocycles. The van der Waals surface area contributed by atoms with E-state index < -0.39 is 23.5 Å². The van der Waals surface area contributed by atoms with Crippen LogP contribution in [0.15, 0.2) is 88.5 Å². The molecule has 4 aromatic rings. The van der Waals surface area contributed by atoms with Gasteiger partial charge in [0.2, 0.25) is 5.78 Å². The number of hydrogen-bond donors (Lipinski definition) is 1. The molecule has 0 saturated carbocycles. The van der Waals surface area contributed by atoms with Crippen molar-refractivity contribution in [2.45, 2.75) is 19.9 Å². The third-order valence-electron chi connectivity index (χ3n) is 6.32. The zero-order valence-corrected chi connectivity index (χ0v) is 21.3. The van der Waals surface area contributed by atoms with E-state index >= 15 is 0 Å². The van der Waals surface area contributed by atoms with Gasteiger partial charge in [0.05, 0.1) is 31.9 Å². The van der Waals surface area contributed by atoms with Crippen LogP contribution in [0.1, 0.15) is 36.0 Å². The summed E-state index contributed by atoms with van der Waals surface area (Å²) in [4.78, 5) is 28.8. The van der Waals surface area contributed by atoms with Crippen molar-refractivity contribution in [2.24, 2.45) is 0 Å². The minimum absolute atomic E-state index is 0.0108. The van der Waals surface area contributed by atoms with Crippen LogP contribution in [0.5, 0.6) is 17.2 Å². The van der Waals surface area contributed by atoms with Crippen LogP contribution < -0.4 is 19.1 Å². The number of benzene rings is 3. The largest absolute Gasteiger partial charge is 0.503 e. The highest BCUT2D eigenvalue weighted by atomic mass is 16.5. The average Bonchev–Trinajstić information content (AvgIpc) is 3.49. The second kappa shape index (κ2) is 10.3. The van der Waals surface area contributed by atoms with Gasteiger partial charge in [-0.15, -0.1) is 0 Å². The number of para-hydroxylation sites is 1. The van der Waals surface area contributed by atoms with Gasteiger partial charge in [-0.05, 0) is 43.7 Å². The molecule has 1 aromatic heterocycles. The van der Waals surface area contributed by atoms with Crippen molar-refractivity contribution < 1.29 is 33.3 Å². The molecular formula is C30H27NO7. The van der Waals surface area contributed by atoms with Gasteiger partial charge >= 0.3 is 0 Å². The molecule has 0 fully saturated rings. The van der Waals surface area contributed by atoms with Gasteiger partial charge < -0.3 is 23.7 Å². The van der Waals surface area contributed by atoms with Crippen LogP contribution in [-0.2, 0) is 4.79 Å². The molecule has 1 aliphatic rings. The summed E-state index contributed by atoms with van der Waals surface area (Å²) in [6, 6.07) is 20.1. The molecule has 5 rings (SSSR count). The molecule has 0 bridgehead atoms. The zero-order chi connectivity index (χ0) is 26.8. The number of furan rings is 1. The normalized spacial score (nSPS) is 15.3. The first-order valence-electron chi connectivity index (χ1n) is 12.3. The number of amides is 1. The molecule has 0 aliphatic carbocycles. The summed E-state index contributed by atoms with van der Waals surface area (Å²) in [7, 11) is 1.51. The molecule has 8 nitrogen and oxygen atoms in total. The Kier molecular flexibility index (Phi) is 6.79. The number of ketones is 1. The van der Waals surface area contributed by atoms with Gasteiger partial charge in [0, 0.05) is 17.1 Å². The van der Waals surface area contributed by atoms with Crippen molar-refractivity contribution in [3.63, 3.8) is 0 Å². The monoisotopic (exact) mass is 513 g/mol. The summed E-state index contributed by atoms with van der Waals surface area (Å²) in [5.41, 5.74) is 1.42. The Morgan fingerprint density at radius 3 is 2.37 bits per heavy atom. The van der Waals surface area contributed by atoms with Gasteiger partial charge in [0.1, 0.15) is 0 Å². The Morgan fingerprint density at radius 2 is 1.66 bits per heavy atom. The lowest BCUT2D eigenvalue weighted by molar-refractivity contribution is -0.117. The van der Waals surface area contributed by atoms with Crippen LogP contribution in [0.3, 0.4) is 0 Å². The fraction of sp³-hybridized carbons (Fsp3) is 0.200. The standard InChI is InChI=1S/C30H27NO7/c1-4-36-21-15-14-20(17-23(21)37-5-2)31-26(18-10-7-6-8-11-18)25(28(33)30(31)34)27(32)24-16-19-12-9-13-22(35-3)29(19)38-24/h6-17,26,33H,4-5H2,1-3H3. The molecular weight excluding hydrogens is 486 g/mol. The Balaban J connectivity index is 1.63. The maximum absolute atomic E-state index is 13.9. The average molecular weight is 514 g/mol. The lowest BCUT2D eigenvalue weighted by Crippen LogP contribution is -2.31. The number of aliphatic hydroxyl groups is 1. The summed E-state index contributed by atoms with van der Waals surface area (Å²) >= 11 is 0. The van der Waals surface area contributed by atoms with Crippen LogP contribution in [0, 0.1) is 0 Å². The zero-order valence-electron chi connectivity index (χ0n) is 21.3. The number of hydrogen-bond acceptors (Lipinski definition) is 7. The van der Waals surface area contributed by atoms with Crippen molar-refractivity contribution in [3.8, 4) is 17.2 Å². The predicted octanol–water partition coefficient (Wildman–Crippen LogP) is 6.02. The van der Waals surface area contributed by atoms with Crippen molar-refractivity contribution in [1.82, 2.24) is 0 Å². The summed E-state index contributed by atoms with van der Waals surface area (Å²) in [6.45, 7) is 4.55. The number of methoxy groups -OCH3 is 1. The number of fused-ring (bicyclic) bond motifs is 1. The van der Waals surface area contributed by atoms with Crippen LogP contribution in [-0.4, -0.2) is 37.1 Å². The van der Waals surface area contributed by atoms with Crippen LogP contribution in [0.4, 0.5) is 5.69 Å². The predicted molar refractivity (Wildman–Crippen MR) is 142 cm³/mol. The molecule has 1 aliphatic heterocycles. The molecule has 1 N–H and O–H groups in total. The second-order valence-corrected chi connectivity index (χ2v) is 8.57. The molecule has 0 spiro atoms. The van der Waals surface area contributed by atoms with Gasteiger partial charge in [0.15, 0.2) is 34.4 Å². The topological polar surface area (TPSA) is 98.4 Å². The van der Waals surface area contributed by atoms with Gasteiger partial charge in [0.25, 0.3) is 5.91 Å². The molecule has 0 saturated heterocycles. The van der Waals surface area contributed by atoms with Gasteiger partial charge in [-0.3, -0.25) is 14.5 Å². The van der Waals surface area contributed by atoms with E-state index in [1.165, 1.54) is 12.0 Å². The quantitative estimate of drug-likeness (QED) is 0.273. The van der Waals surface area contributed by atoms with E-state index in [9.17, 15) is 14.7 Å². The minimum atomic E-state index is -0.904. The van der Waals surface area contributed by atoms with E-state index in [-0.39, 0.29) is 11.3 Å². The van der Waals surface area contributed by atoms with Gasteiger partial charge in [-0.1, -0.05) is 42.5 Å². The smallest absolute Gasteiger partial charge is 0.294 e. The maximum Gasteiger partial charge on any atom is 0.294 e. The fourth-order valence-corrected chi connectivity index (χ4v) is 4.69. The molecule has 8 heteroatoms. The van der Waals surface area contributed by atoms with Crippen molar-refractivity contribution in [1.29, 1.82) is 0 Å². The number of carbonyl (C=O) groups is 2. The van der Waals surface area contributed by atoms with E-state index in [1.807, 2.05) is 32.0 Å². The number of ether oxygens (including phenoxy) is 3. The number of Topliss-reactive ketones (excluding diaryl/α,β-unsaturated/α-hetero) is 1. The summed E-state index contributed by atoms with van der Waals surface area (Å²) in [5.74, 6) is -0.488. The van der Waals surface area contributed by atoms with Gasteiger partial charge in [-0.2, -0.15) is 0 Å². The highest BCUT2D eigenvalue weighted by Gasteiger charge is 2.45. The first kappa shape index (κ1) is 25.0. The number of rotatable bonds is 9. The number of aliphatic hydroxyl groups excluding tert-OH is 1. The SMILES string of the molecule is CCOc1ccc(N2C(=O)C(O)=C(C(=O)c3cc4cccc(OC)c4o3)C2c2ccccc2)cc1OCC. The minimum Gasteiger partial charge on any atom is -0.503 e. The van der Waals surface area contributed by atoms with Crippen molar-refractivity contribution in [2.75, 3.05) is 25.2 Å². The highest BCUT2D eigenvalue weighted by molar-refractivity contribution is 6.20. The Bertz CT molecular complexity index is 1540. The Morgan fingerprint density at radius 1 is 0.921 bits per heavy atom. The fourth-order valence-electron chi connectivity index (χ4n) is 4.69. The number of carbonyl (C=O) groups excluding carboxylic acids is 2. The summed E-state index contributed by atoms with van der Waals surface area (Å²) in [5, 5.41) is 11.7. The summed E-state index contributed by atoms with van der Waals surface area (Å²) in [6.07, 6.45) is 0. The molecule has 1 unspecified atom stereocenters. The van der Waals surface area contributed by atoms with Crippen molar-refractivity contribution >= 4 is 28.3 Å². The van der Waals surface area contributed by atoms with E-state index in [0.29, 0.717) is 52.7 Å². The second-order valence-electron chi connectivity index (χ2n) is 8.57. The Hall–Kier alpha value is -4.72. The molecule has 38 heavy (non-hydrogen) atoms. The lowest BCUT2D eigenvalue weighted by atomic mass is 9.94. The van der Waals surface area contributed by atoms with Crippen molar-refractivity contribution in [3.05, 3.63) is 95.5 Å². The van der Waals surface area contributed by atoms with E-state index in [4.69, 9.17) is 18.6 Å². The number of anilines is 1. The van der Waals surface area contributed by atoms with Crippen LogP contribution >= 0.6 is 0 Å². The van der Waals surface area contributed by atoms with Gasteiger partial charge in [-0.25, -0.2) is 0 Å². The first-order chi connectivity index (χ1) is 18.5. The molecule has 1 atom stereocenters. The van der Waals surface area contributed by atoms with E-state index in [2.05, 4.69) is 0 Å². The van der Waals surface area contributed by atoms with Crippen LogP contribution in [0.25, 0.3) is 11.0 Å². The molecule has 0 radical (unpaired) electrons. The number of nitrogens with zero attached hydrogens (tertiary/aromatic N) is 1. The highest BCUT2D eigenvalue weighted by Crippen LogP contribution is 2.44. The third-order valence-corrected chi connectivity index (χ3v) is 6.32. The maximum atomic E-state index is 13.9. The third kappa shape index (κ3) is 4.24. The summed E-state index contributed by atoms with van der Waals surface area (Å²) < 4.78 is 22.7. The van der Waals surface area contributed by atoms with E-state index in [1.54, 1.807) is 54.6 Å². The molecule has 2 heterocycles. The molecule has 1 amide bonds. The molecule has 194 valence electrons.